The van der Waals surface area contributed by atoms with Crippen LogP contribution in [-0.2, 0) is 31.0 Å². The molecule has 0 amide bonds. The molecule has 3 rings (SSSR count). The molecule has 0 saturated carbocycles. The van der Waals surface area contributed by atoms with Crippen molar-refractivity contribution < 1.29 is 45.0 Å². The predicted molar refractivity (Wildman–Crippen MR) is 108 cm³/mol. The van der Waals surface area contributed by atoms with E-state index in [1.54, 1.807) is 55.4 Å². The summed E-state index contributed by atoms with van der Waals surface area (Å²) in [6.07, 6.45) is -9.94. The van der Waals surface area contributed by atoms with Gasteiger partial charge in [0.25, 0.3) is 0 Å². The molecular formula is C20H26B2F6O4. The van der Waals surface area contributed by atoms with Gasteiger partial charge in [0.1, 0.15) is 0 Å². The highest BCUT2D eigenvalue weighted by atomic mass is 19.4. The Kier molecular flexibility index (Phi) is 5.66. The lowest BCUT2D eigenvalue weighted by atomic mass is 9.68. The molecule has 2 aliphatic rings. The van der Waals surface area contributed by atoms with E-state index in [9.17, 15) is 26.3 Å². The first-order chi connectivity index (χ1) is 14.1. The Hall–Kier alpha value is -1.23. The van der Waals surface area contributed by atoms with E-state index < -0.39 is 71.0 Å². The van der Waals surface area contributed by atoms with Gasteiger partial charge in [0.05, 0.1) is 33.5 Å². The highest BCUT2D eigenvalue weighted by Crippen LogP contribution is 2.41. The highest BCUT2D eigenvalue weighted by Gasteiger charge is 2.57. The molecule has 12 heteroatoms. The summed E-state index contributed by atoms with van der Waals surface area (Å²) in [4.78, 5) is 0. The maximum Gasteiger partial charge on any atom is 0.495 e. The van der Waals surface area contributed by atoms with Crippen molar-refractivity contribution in [2.45, 2.75) is 90.1 Å². The zero-order chi connectivity index (χ0) is 24.7. The van der Waals surface area contributed by atoms with Crippen LogP contribution in [0.25, 0.3) is 0 Å². The third kappa shape index (κ3) is 4.19. The SMILES string of the molecule is CC1(C)OB(c2cc(C(F)(F)F)c(B3OC(C)(C)C(C)(C)O3)cc2C(F)(F)F)OC1(C)C. The van der Waals surface area contributed by atoms with Gasteiger partial charge >= 0.3 is 26.6 Å². The van der Waals surface area contributed by atoms with Gasteiger partial charge in [0.15, 0.2) is 0 Å². The quantitative estimate of drug-likeness (QED) is 0.481. The van der Waals surface area contributed by atoms with Crippen LogP contribution in [0.3, 0.4) is 0 Å². The van der Waals surface area contributed by atoms with Crippen LogP contribution in [-0.4, -0.2) is 36.6 Å². The lowest BCUT2D eigenvalue weighted by Crippen LogP contribution is -2.46. The fourth-order valence-electron chi connectivity index (χ4n) is 3.45. The molecule has 4 nitrogen and oxygen atoms in total. The molecule has 0 aliphatic carbocycles. The molecule has 0 bridgehead atoms. The second kappa shape index (κ2) is 7.13. The number of hydrogen-bond donors (Lipinski definition) is 0. The number of hydrogen-bond acceptors (Lipinski definition) is 4. The van der Waals surface area contributed by atoms with Crippen LogP contribution >= 0.6 is 0 Å². The fourth-order valence-corrected chi connectivity index (χ4v) is 3.45. The van der Waals surface area contributed by atoms with E-state index in [-0.39, 0.29) is 0 Å². The van der Waals surface area contributed by atoms with Crippen molar-refractivity contribution in [2.75, 3.05) is 0 Å². The van der Waals surface area contributed by atoms with E-state index in [1.807, 2.05) is 0 Å². The number of benzene rings is 1. The van der Waals surface area contributed by atoms with Gasteiger partial charge in [-0.15, -0.1) is 0 Å². The Morgan fingerprint density at radius 1 is 0.531 bits per heavy atom. The van der Waals surface area contributed by atoms with Gasteiger partial charge in [-0.25, -0.2) is 0 Å². The monoisotopic (exact) mass is 466 g/mol. The van der Waals surface area contributed by atoms with Crippen LogP contribution in [0.5, 0.6) is 0 Å². The van der Waals surface area contributed by atoms with E-state index in [4.69, 9.17) is 18.6 Å². The van der Waals surface area contributed by atoms with Gasteiger partial charge in [0, 0.05) is 0 Å². The summed E-state index contributed by atoms with van der Waals surface area (Å²) < 4.78 is 107. The van der Waals surface area contributed by atoms with Gasteiger partial charge in [-0.3, -0.25) is 0 Å². The molecule has 2 fully saturated rings. The Balaban J connectivity index is 2.22. The normalized spacial score (nSPS) is 24.3. The molecule has 32 heavy (non-hydrogen) atoms. The first-order valence-corrected chi connectivity index (χ1v) is 10.1. The Bertz CT molecular complexity index is 803. The maximum atomic E-state index is 14.0. The topological polar surface area (TPSA) is 36.9 Å². The first kappa shape index (κ1) is 25.4. The lowest BCUT2D eigenvalue weighted by Gasteiger charge is -2.32. The summed E-state index contributed by atoms with van der Waals surface area (Å²) in [6.45, 7) is 12.8. The molecule has 0 aromatic heterocycles. The van der Waals surface area contributed by atoms with Gasteiger partial charge < -0.3 is 18.6 Å². The summed E-state index contributed by atoms with van der Waals surface area (Å²) in [5.41, 5.74) is -8.24. The molecule has 0 radical (unpaired) electrons. The Morgan fingerprint density at radius 3 is 0.938 bits per heavy atom. The van der Waals surface area contributed by atoms with Crippen LogP contribution in [0.4, 0.5) is 26.3 Å². The second-order valence-corrected chi connectivity index (χ2v) is 10.2. The average Bonchev–Trinajstić information content (AvgIpc) is 2.91. The lowest BCUT2D eigenvalue weighted by molar-refractivity contribution is -0.140. The summed E-state index contributed by atoms with van der Waals surface area (Å²) in [5, 5.41) is 0. The summed E-state index contributed by atoms with van der Waals surface area (Å²) in [6, 6.07) is 0.872. The molecule has 2 heterocycles. The van der Waals surface area contributed by atoms with Gasteiger partial charge in [0.2, 0.25) is 0 Å². The van der Waals surface area contributed by atoms with Crippen molar-refractivity contribution in [3.63, 3.8) is 0 Å². The van der Waals surface area contributed by atoms with Crippen molar-refractivity contribution in [3.8, 4) is 0 Å². The van der Waals surface area contributed by atoms with Crippen LogP contribution in [0.15, 0.2) is 12.1 Å². The van der Waals surface area contributed by atoms with Crippen LogP contribution < -0.4 is 10.9 Å². The smallest absolute Gasteiger partial charge is 0.399 e. The predicted octanol–water partition coefficient (Wildman–Crippen LogP) is 4.32. The van der Waals surface area contributed by atoms with E-state index in [0.29, 0.717) is 12.1 Å². The van der Waals surface area contributed by atoms with Crippen molar-refractivity contribution in [1.29, 1.82) is 0 Å². The number of alkyl halides is 6. The second-order valence-electron chi connectivity index (χ2n) is 10.2. The fraction of sp³-hybridized carbons (Fsp3) is 0.700. The zero-order valence-electron chi connectivity index (χ0n) is 19.2. The van der Waals surface area contributed by atoms with E-state index >= 15 is 0 Å². The highest BCUT2D eigenvalue weighted by molar-refractivity contribution is 6.65. The first-order valence-electron chi connectivity index (χ1n) is 10.1. The number of halogens is 6. The van der Waals surface area contributed by atoms with Gasteiger partial charge in [-0.05, 0) is 78.4 Å². The molecule has 2 saturated heterocycles. The summed E-state index contributed by atoms with van der Waals surface area (Å²) >= 11 is 0. The van der Waals surface area contributed by atoms with E-state index in [0.717, 1.165) is 0 Å². The minimum Gasteiger partial charge on any atom is -0.399 e. The van der Waals surface area contributed by atoms with E-state index in [1.165, 1.54) is 0 Å². The molecule has 0 atom stereocenters. The van der Waals surface area contributed by atoms with Crippen molar-refractivity contribution >= 4 is 25.2 Å². The summed E-state index contributed by atoms with van der Waals surface area (Å²) in [7, 11) is -3.27. The average molecular weight is 466 g/mol. The molecule has 2 aliphatic heterocycles. The van der Waals surface area contributed by atoms with Gasteiger partial charge in [-0.2, -0.15) is 26.3 Å². The van der Waals surface area contributed by atoms with Crippen LogP contribution in [0.2, 0.25) is 0 Å². The minimum absolute atomic E-state index is 0.436. The van der Waals surface area contributed by atoms with Crippen molar-refractivity contribution in [2.24, 2.45) is 0 Å². The summed E-state index contributed by atoms with van der Waals surface area (Å²) in [5.74, 6) is 0. The van der Waals surface area contributed by atoms with Crippen molar-refractivity contribution in [1.82, 2.24) is 0 Å². The third-order valence-electron chi connectivity index (χ3n) is 6.85. The Labute approximate surface area is 184 Å². The standard InChI is InChI=1S/C20H26B2F6O4/c1-15(2)16(3,4)30-21(29-15)13-9-12(20(26,27)28)14(10-11(13)19(23,24)25)22-31-17(5,6)18(7,8)32-22/h9-10H,1-8H3. The van der Waals surface area contributed by atoms with E-state index in [2.05, 4.69) is 0 Å². The largest absolute Gasteiger partial charge is 0.495 e. The number of rotatable bonds is 2. The maximum absolute atomic E-state index is 14.0. The molecule has 0 spiro atoms. The van der Waals surface area contributed by atoms with Gasteiger partial charge in [-0.1, -0.05) is 0 Å². The molecule has 0 unspecified atom stereocenters. The minimum atomic E-state index is -4.97. The third-order valence-corrected chi connectivity index (χ3v) is 6.85. The van der Waals surface area contributed by atoms with Crippen molar-refractivity contribution in [3.05, 3.63) is 23.3 Å². The molecule has 1 aromatic carbocycles. The molecule has 178 valence electrons. The molecular weight excluding hydrogens is 440 g/mol. The molecule has 0 N–H and O–H groups in total. The van der Waals surface area contributed by atoms with Crippen LogP contribution in [0, 0.1) is 0 Å². The van der Waals surface area contributed by atoms with Crippen LogP contribution in [0.1, 0.15) is 66.5 Å². The Morgan fingerprint density at radius 2 is 0.750 bits per heavy atom. The molecule has 1 aromatic rings. The zero-order valence-corrected chi connectivity index (χ0v) is 19.2.